The maximum Gasteiger partial charge on any atom is 0.229 e. The van der Waals surface area contributed by atoms with E-state index in [1.165, 1.54) is 6.08 Å². The van der Waals surface area contributed by atoms with Crippen molar-refractivity contribution in [2.75, 3.05) is 24.9 Å². The average Bonchev–Trinajstić information content (AvgIpc) is 2.94. The molecular weight excluding hydrogens is 490 g/mol. The summed E-state index contributed by atoms with van der Waals surface area (Å²) in [5.74, 6) is 1.50. The number of hydrogen-bond donors (Lipinski definition) is 2. The van der Waals surface area contributed by atoms with E-state index in [0.717, 1.165) is 28.1 Å². The monoisotopic (exact) mass is 517 g/mol. The zero-order valence-corrected chi connectivity index (χ0v) is 22.1. The van der Waals surface area contributed by atoms with Crippen molar-refractivity contribution in [2.45, 2.75) is 20.5 Å². The number of methoxy groups -OCH3 is 2. The summed E-state index contributed by atoms with van der Waals surface area (Å²) in [6.07, 6.45) is 6.60. The lowest BCUT2D eigenvalue weighted by Crippen LogP contribution is -2.10. The molecule has 0 aliphatic heterocycles. The van der Waals surface area contributed by atoms with Gasteiger partial charge in [0.1, 0.15) is 11.6 Å². The summed E-state index contributed by atoms with van der Waals surface area (Å²) >= 11 is 0. The Kier molecular flexibility index (Phi) is 8.47. The molecular formula is C30H27N7O2. The molecule has 4 aromatic rings. The van der Waals surface area contributed by atoms with Crippen LogP contribution >= 0.6 is 0 Å². The standard InChI is InChI=1S/C30H27N7O2/c1-19-14-22(6-5-12-31)15-20(2)28(19)36-29-27(24-17-33-13-11-26(24)39-4)25(18-38-3)35-30(37-29)34-23-9-7-21(16-32)8-10-23/h5-11,13-15,17H,18H2,1-4H3,(H2,34,35,36,37). The van der Waals surface area contributed by atoms with E-state index < -0.39 is 0 Å². The second kappa shape index (κ2) is 12.3. The minimum Gasteiger partial charge on any atom is -0.496 e. The topological polar surface area (TPSA) is 129 Å². The molecule has 0 amide bonds. The number of ether oxygens (including phenoxy) is 2. The summed E-state index contributed by atoms with van der Waals surface area (Å²) in [7, 11) is 3.21. The van der Waals surface area contributed by atoms with Crippen molar-refractivity contribution >= 4 is 29.2 Å². The summed E-state index contributed by atoms with van der Waals surface area (Å²) < 4.78 is 11.2. The van der Waals surface area contributed by atoms with Gasteiger partial charge < -0.3 is 20.1 Å². The predicted molar refractivity (Wildman–Crippen MR) is 151 cm³/mol. The fourth-order valence-corrected chi connectivity index (χ4v) is 4.22. The molecule has 0 saturated carbocycles. The zero-order chi connectivity index (χ0) is 27.8. The molecule has 0 fully saturated rings. The Morgan fingerprint density at radius 1 is 0.974 bits per heavy atom. The van der Waals surface area contributed by atoms with Crippen molar-refractivity contribution in [1.29, 1.82) is 10.5 Å². The van der Waals surface area contributed by atoms with Crippen molar-refractivity contribution in [3.05, 3.63) is 88.9 Å². The highest BCUT2D eigenvalue weighted by Crippen LogP contribution is 2.39. The van der Waals surface area contributed by atoms with Gasteiger partial charge in [0.2, 0.25) is 5.95 Å². The van der Waals surface area contributed by atoms with Crippen LogP contribution in [0.5, 0.6) is 5.75 Å². The number of allylic oxidation sites excluding steroid dienone is 1. The van der Waals surface area contributed by atoms with Crippen molar-refractivity contribution in [1.82, 2.24) is 15.0 Å². The maximum absolute atomic E-state index is 9.13. The van der Waals surface area contributed by atoms with E-state index in [1.54, 1.807) is 63.0 Å². The van der Waals surface area contributed by atoms with Gasteiger partial charge >= 0.3 is 0 Å². The summed E-state index contributed by atoms with van der Waals surface area (Å²) in [4.78, 5) is 14.0. The van der Waals surface area contributed by atoms with Crippen molar-refractivity contribution in [2.24, 2.45) is 0 Å². The van der Waals surface area contributed by atoms with Gasteiger partial charge in [-0.25, -0.2) is 4.98 Å². The number of hydrogen-bond acceptors (Lipinski definition) is 9. The Hall–Kier alpha value is -5.25. The molecule has 194 valence electrons. The van der Waals surface area contributed by atoms with E-state index >= 15 is 0 Å². The lowest BCUT2D eigenvalue weighted by molar-refractivity contribution is 0.182. The van der Waals surface area contributed by atoms with Crippen LogP contribution in [0, 0.1) is 36.5 Å². The van der Waals surface area contributed by atoms with E-state index in [-0.39, 0.29) is 6.61 Å². The smallest absolute Gasteiger partial charge is 0.229 e. The molecule has 0 aliphatic rings. The quantitative estimate of drug-likeness (QED) is 0.249. The molecule has 4 rings (SSSR count). The van der Waals surface area contributed by atoms with E-state index in [0.29, 0.717) is 39.9 Å². The number of rotatable bonds is 9. The molecule has 0 radical (unpaired) electrons. The molecule has 2 aromatic carbocycles. The molecule has 0 aliphatic carbocycles. The predicted octanol–water partition coefficient (Wildman–Crippen LogP) is 6.21. The number of aryl methyl sites for hydroxylation is 2. The van der Waals surface area contributed by atoms with Gasteiger partial charge in [-0.3, -0.25) is 4.98 Å². The molecule has 2 aromatic heterocycles. The minimum absolute atomic E-state index is 0.211. The van der Waals surface area contributed by atoms with Crippen molar-refractivity contribution < 1.29 is 9.47 Å². The van der Waals surface area contributed by atoms with Crippen LogP contribution in [0.2, 0.25) is 0 Å². The molecule has 0 saturated heterocycles. The number of pyridine rings is 1. The van der Waals surface area contributed by atoms with Gasteiger partial charge in [0, 0.05) is 42.5 Å². The van der Waals surface area contributed by atoms with Gasteiger partial charge in [-0.15, -0.1) is 0 Å². The summed E-state index contributed by atoms with van der Waals surface area (Å²) in [5.41, 5.74) is 7.08. The first-order valence-electron chi connectivity index (χ1n) is 12.1. The van der Waals surface area contributed by atoms with Crippen LogP contribution in [-0.2, 0) is 11.3 Å². The van der Waals surface area contributed by atoms with Gasteiger partial charge in [-0.1, -0.05) is 0 Å². The molecule has 39 heavy (non-hydrogen) atoms. The van der Waals surface area contributed by atoms with Gasteiger partial charge in [0.15, 0.2) is 0 Å². The molecule has 9 nitrogen and oxygen atoms in total. The van der Waals surface area contributed by atoms with E-state index in [1.807, 2.05) is 32.0 Å². The third-order valence-electron chi connectivity index (χ3n) is 5.95. The second-order valence-electron chi connectivity index (χ2n) is 8.66. The highest BCUT2D eigenvalue weighted by molar-refractivity contribution is 5.85. The summed E-state index contributed by atoms with van der Waals surface area (Å²) in [6.45, 7) is 4.20. The number of nitrogens with one attached hydrogen (secondary N) is 2. The Balaban J connectivity index is 1.89. The number of nitrogens with zero attached hydrogens (tertiary/aromatic N) is 5. The van der Waals surface area contributed by atoms with E-state index in [2.05, 4.69) is 21.7 Å². The van der Waals surface area contributed by atoms with Gasteiger partial charge in [-0.05, 0) is 79.1 Å². The van der Waals surface area contributed by atoms with Crippen LogP contribution in [0.15, 0.2) is 60.9 Å². The average molecular weight is 518 g/mol. The van der Waals surface area contributed by atoms with Crippen molar-refractivity contribution in [3.8, 4) is 29.0 Å². The zero-order valence-electron chi connectivity index (χ0n) is 22.1. The van der Waals surface area contributed by atoms with Crippen molar-refractivity contribution in [3.63, 3.8) is 0 Å². The summed E-state index contributed by atoms with van der Waals surface area (Å²) in [5, 5.41) is 24.8. The Labute approximate surface area is 227 Å². The van der Waals surface area contributed by atoms with Gasteiger partial charge in [-0.2, -0.15) is 15.5 Å². The Bertz CT molecular complexity index is 1580. The van der Waals surface area contributed by atoms with Gasteiger partial charge in [0.25, 0.3) is 0 Å². The number of anilines is 4. The first-order valence-corrected chi connectivity index (χ1v) is 12.1. The van der Waals surface area contributed by atoms with E-state index in [9.17, 15) is 0 Å². The fourth-order valence-electron chi connectivity index (χ4n) is 4.22. The molecule has 2 heterocycles. The normalized spacial score (nSPS) is 10.6. The number of aromatic nitrogens is 3. The fraction of sp³-hybridized carbons (Fsp3) is 0.167. The van der Waals surface area contributed by atoms with Crippen LogP contribution in [-0.4, -0.2) is 29.2 Å². The molecule has 0 bridgehead atoms. The third kappa shape index (κ3) is 6.19. The molecule has 2 N–H and O–H groups in total. The summed E-state index contributed by atoms with van der Waals surface area (Å²) in [6, 6.07) is 17.0. The molecule has 0 atom stereocenters. The number of nitriles is 2. The molecule has 0 spiro atoms. The Morgan fingerprint density at radius 2 is 1.72 bits per heavy atom. The first kappa shape index (κ1) is 26.8. The van der Waals surface area contributed by atoms with Crippen LogP contribution in [0.1, 0.15) is 27.9 Å². The highest BCUT2D eigenvalue weighted by Gasteiger charge is 2.21. The van der Waals surface area contributed by atoms with Crippen LogP contribution in [0.25, 0.3) is 17.2 Å². The lowest BCUT2D eigenvalue weighted by Gasteiger charge is -2.20. The minimum atomic E-state index is 0.211. The number of benzene rings is 2. The van der Waals surface area contributed by atoms with Crippen LogP contribution < -0.4 is 15.4 Å². The largest absolute Gasteiger partial charge is 0.496 e. The lowest BCUT2D eigenvalue weighted by atomic mass is 10.0. The SMILES string of the molecule is COCc1nc(Nc2ccc(C#N)cc2)nc(Nc2c(C)cc(C=CC#N)cc2C)c1-c1cnccc1OC. The van der Waals surface area contributed by atoms with Gasteiger partial charge in [0.05, 0.1) is 42.7 Å². The van der Waals surface area contributed by atoms with Crippen LogP contribution in [0.3, 0.4) is 0 Å². The Morgan fingerprint density at radius 3 is 2.36 bits per heavy atom. The second-order valence-corrected chi connectivity index (χ2v) is 8.66. The van der Waals surface area contributed by atoms with Crippen LogP contribution in [0.4, 0.5) is 23.1 Å². The maximum atomic E-state index is 9.13. The third-order valence-corrected chi connectivity index (χ3v) is 5.95. The first-order chi connectivity index (χ1) is 19.0. The molecule has 9 heteroatoms. The van der Waals surface area contributed by atoms with E-state index in [4.69, 9.17) is 30.0 Å². The molecule has 0 unspecified atom stereocenters. The highest BCUT2D eigenvalue weighted by atomic mass is 16.5.